The van der Waals surface area contributed by atoms with Gasteiger partial charge in [0, 0.05) is 4.90 Å². The second-order valence-electron chi connectivity index (χ2n) is 6.22. The lowest BCUT2D eigenvalue weighted by Gasteiger charge is -2.13. The first-order chi connectivity index (χ1) is 12.3. The van der Waals surface area contributed by atoms with Gasteiger partial charge in [-0.2, -0.15) is 0 Å². The molecule has 6 heteroatoms. The van der Waals surface area contributed by atoms with Crippen LogP contribution in [0.4, 0.5) is 0 Å². The van der Waals surface area contributed by atoms with Crippen molar-refractivity contribution in [1.82, 2.24) is 10.9 Å². The average molecular weight is 372 g/mol. The van der Waals surface area contributed by atoms with Crippen molar-refractivity contribution < 1.29 is 14.3 Å². The third kappa shape index (κ3) is 6.44. The van der Waals surface area contributed by atoms with Gasteiger partial charge in [0.05, 0.1) is 5.25 Å². The summed E-state index contributed by atoms with van der Waals surface area (Å²) in [5, 5.41) is -0.335. The van der Waals surface area contributed by atoms with Crippen molar-refractivity contribution in [3.63, 3.8) is 0 Å². The van der Waals surface area contributed by atoms with Gasteiger partial charge in [-0.05, 0) is 63.1 Å². The van der Waals surface area contributed by atoms with E-state index in [9.17, 15) is 9.59 Å². The van der Waals surface area contributed by atoms with Crippen LogP contribution in [0.2, 0.25) is 0 Å². The van der Waals surface area contributed by atoms with Gasteiger partial charge in [-0.3, -0.25) is 20.4 Å². The highest BCUT2D eigenvalue weighted by Gasteiger charge is 2.15. The van der Waals surface area contributed by atoms with Crippen LogP contribution in [0.5, 0.6) is 5.75 Å². The molecule has 0 heterocycles. The molecule has 2 N–H and O–H groups in total. The van der Waals surface area contributed by atoms with Crippen molar-refractivity contribution in [3.05, 3.63) is 59.2 Å². The lowest BCUT2D eigenvalue weighted by Crippen LogP contribution is -2.46. The standard InChI is InChI=1S/C20H24N2O3S/c1-13-5-7-18(8-6-13)26-16(4)20(24)22-21-19(23)12-25-17-10-14(2)9-15(3)11-17/h5-11,16H,12H2,1-4H3,(H,21,23)(H,22,24)/t16-/m0/s1. The zero-order valence-electron chi connectivity index (χ0n) is 15.5. The number of aryl methyl sites for hydroxylation is 3. The number of hydrazine groups is 1. The maximum atomic E-state index is 12.1. The van der Waals surface area contributed by atoms with Crippen molar-refractivity contribution in [3.8, 4) is 5.75 Å². The summed E-state index contributed by atoms with van der Waals surface area (Å²) in [5.74, 6) is -0.0485. The van der Waals surface area contributed by atoms with E-state index in [1.54, 1.807) is 6.92 Å². The Morgan fingerprint density at radius 2 is 1.58 bits per heavy atom. The fourth-order valence-electron chi connectivity index (χ4n) is 2.31. The summed E-state index contributed by atoms with van der Waals surface area (Å²) in [6.45, 7) is 7.57. The minimum absolute atomic E-state index is 0.164. The Labute approximate surface area is 158 Å². The van der Waals surface area contributed by atoms with E-state index in [1.165, 1.54) is 17.3 Å². The molecule has 0 aliphatic carbocycles. The summed E-state index contributed by atoms with van der Waals surface area (Å²) in [5.41, 5.74) is 8.11. The molecular formula is C20H24N2O3S. The molecule has 138 valence electrons. The number of thioether (sulfide) groups is 1. The van der Waals surface area contributed by atoms with E-state index < -0.39 is 5.91 Å². The first kappa shape index (κ1) is 19.8. The van der Waals surface area contributed by atoms with E-state index in [4.69, 9.17) is 4.74 Å². The average Bonchev–Trinajstić information content (AvgIpc) is 2.59. The van der Waals surface area contributed by atoms with E-state index in [1.807, 2.05) is 63.2 Å². The molecule has 2 aromatic carbocycles. The first-order valence-corrected chi connectivity index (χ1v) is 9.24. The summed E-state index contributed by atoms with van der Waals surface area (Å²) in [4.78, 5) is 24.9. The topological polar surface area (TPSA) is 67.4 Å². The van der Waals surface area contributed by atoms with Gasteiger partial charge in [0.2, 0.25) is 0 Å². The van der Waals surface area contributed by atoms with Crippen molar-refractivity contribution in [1.29, 1.82) is 0 Å². The van der Waals surface area contributed by atoms with Crippen LogP contribution in [0.3, 0.4) is 0 Å². The maximum Gasteiger partial charge on any atom is 0.276 e. The van der Waals surface area contributed by atoms with Gasteiger partial charge in [-0.1, -0.05) is 23.8 Å². The number of hydrogen-bond acceptors (Lipinski definition) is 4. The Kier molecular flexibility index (Phi) is 7.09. The fraction of sp³-hybridized carbons (Fsp3) is 0.300. The van der Waals surface area contributed by atoms with Crippen molar-refractivity contribution in [2.45, 2.75) is 37.8 Å². The Balaban J connectivity index is 1.75. The zero-order chi connectivity index (χ0) is 19.1. The van der Waals surface area contributed by atoms with Crippen LogP contribution in [-0.4, -0.2) is 23.7 Å². The Hall–Kier alpha value is -2.47. The molecular weight excluding hydrogens is 348 g/mol. The highest BCUT2D eigenvalue weighted by Crippen LogP contribution is 2.23. The van der Waals surface area contributed by atoms with Crippen molar-refractivity contribution in [2.24, 2.45) is 0 Å². The quantitative estimate of drug-likeness (QED) is 0.603. The van der Waals surface area contributed by atoms with Gasteiger partial charge >= 0.3 is 0 Å². The number of ether oxygens (including phenoxy) is 1. The van der Waals surface area contributed by atoms with Gasteiger partial charge in [0.1, 0.15) is 5.75 Å². The number of nitrogens with one attached hydrogen (secondary N) is 2. The second kappa shape index (κ2) is 9.29. The number of carbonyl (C=O) groups excluding carboxylic acids is 2. The van der Waals surface area contributed by atoms with Crippen LogP contribution in [0.1, 0.15) is 23.6 Å². The summed E-state index contributed by atoms with van der Waals surface area (Å²) in [7, 11) is 0. The molecule has 0 bridgehead atoms. The van der Waals surface area contributed by atoms with Crippen LogP contribution in [-0.2, 0) is 9.59 Å². The van der Waals surface area contributed by atoms with E-state index in [0.29, 0.717) is 5.75 Å². The molecule has 2 rings (SSSR count). The third-order valence-electron chi connectivity index (χ3n) is 3.59. The third-order valence-corrected chi connectivity index (χ3v) is 4.71. The molecule has 0 saturated carbocycles. The van der Waals surface area contributed by atoms with Gasteiger partial charge in [-0.25, -0.2) is 0 Å². The molecule has 0 unspecified atom stereocenters. The van der Waals surface area contributed by atoms with Crippen molar-refractivity contribution in [2.75, 3.05) is 6.61 Å². The van der Waals surface area contributed by atoms with E-state index in [2.05, 4.69) is 10.9 Å². The lowest BCUT2D eigenvalue weighted by atomic mass is 10.1. The normalized spacial score (nSPS) is 11.5. The van der Waals surface area contributed by atoms with Gasteiger partial charge < -0.3 is 4.74 Å². The molecule has 0 aromatic heterocycles. The minimum atomic E-state index is -0.412. The minimum Gasteiger partial charge on any atom is -0.484 e. The molecule has 2 aromatic rings. The Bertz CT molecular complexity index is 755. The van der Waals surface area contributed by atoms with Crippen molar-refractivity contribution >= 4 is 23.6 Å². The zero-order valence-corrected chi connectivity index (χ0v) is 16.3. The van der Waals surface area contributed by atoms with Gasteiger partial charge in [-0.15, -0.1) is 11.8 Å². The number of benzene rings is 2. The predicted molar refractivity (Wildman–Crippen MR) is 104 cm³/mol. The molecule has 0 spiro atoms. The molecule has 5 nitrogen and oxygen atoms in total. The summed E-state index contributed by atoms with van der Waals surface area (Å²) >= 11 is 1.43. The number of hydrogen-bond donors (Lipinski definition) is 2. The summed E-state index contributed by atoms with van der Waals surface area (Å²) in [6.07, 6.45) is 0. The van der Waals surface area contributed by atoms with E-state index >= 15 is 0 Å². The van der Waals surface area contributed by atoms with Crippen LogP contribution >= 0.6 is 11.8 Å². The molecule has 2 amide bonds. The molecule has 1 atom stereocenters. The molecule has 0 aliphatic rings. The Morgan fingerprint density at radius 3 is 2.19 bits per heavy atom. The predicted octanol–water partition coefficient (Wildman–Crippen LogP) is 3.32. The monoisotopic (exact) mass is 372 g/mol. The van der Waals surface area contributed by atoms with Gasteiger partial charge in [0.15, 0.2) is 6.61 Å². The van der Waals surface area contributed by atoms with Crippen LogP contribution < -0.4 is 15.6 Å². The fourth-order valence-corrected chi connectivity index (χ4v) is 3.18. The van der Waals surface area contributed by atoms with E-state index in [0.717, 1.165) is 16.0 Å². The molecule has 0 aliphatic heterocycles. The molecule has 0 fully saturated rings. The molecule has 26 heavy (non-hydrogen) atoms. The largest absolute Gasteiger partial charge is 0.484 e. The van der Waals surface area contributed by atoms with Crippen LogP contribution in [0.15, 0.2) is 47.4 Å². The summed E-state index contributed by atoms with van der Waals surface area (Å²) < 4.78 is 5.46. The second-order valence-corrected chi connectivity index (χ2v) is 7.64. The van der Waals surface area contributed by atoms with Crippen LogP contribution in [0, 0.1) is 20.8 Å². The Morgan fingerprint density at radius 1 is 0.962 bits per heavy atom. The number of carbonyl (C=O) groups is 2. The van der Waals surface area contributed by atoms with Gasteiger partial charge in [0.25, 0.3) is 11.8 Å². The SMILES string of the molecule is Cc1ccc(S[C@@H](C)C(=O)NNC(=O)COc2cc(C)cc(C)c2)cc1. The number of amides is 2. The number of rotatable bonds is 6. The highest BCUT2D eigenvalue weighted by molar-refractivity contribution is 8.00. The lowest BCUT2D eigenvalue weighted by molar-refractivity contribution is -0.129. The van der Waals surface area contributed by atoms with Crippen LogP contribution in [0.25, 0.3) is 0 Å². The smallest absolute Gasteiger partial charge is 0.276 e. The first-order valence-electron chi connectivity index (χ1n) is 8.36. The summed E-state index contributed by atoms with van der Waals surface area (Å²) in [6, 6.07) is 13.7. The molecule has 0 saturated heterocycles. The maximum absolute atomic E-state index is 12.1. The van der Waals surface area contributed by atoms with E-state index in [-0.39, 0.29) is 17.8 Å². The highest BCUT2D eigenvalue weighted by atomic mass is 32.2. The molecule has 0 radical (unpaired) electrons.